The van der Waals surface area contributed by atoms with E-state index in [1.165, 1.54) is 0 Å². The minimum atomic E-state index is -1.22. The maximum atomic E-state index is 12.0. The Morgan fingerprint density at radius 2 is 1.89 bits per heavy atom. The van der Waals surface area contributed by atoms with Gasteiger partial charge in [-0.25, -0.2) is 0 Å². The molecular weight excluding hydrogens is 271 g/mol. The van der Waals surface area contributed by atoms with Crippen LogP contribution in [0.1, 0.15) is 31.2 Å². The summed E-state index contributed by atoms with van der Waals surface area (Å²) in [4.78, 5) is 11.2. The number of rotatable bonds is 1. The number of halogens is 2. The molecule has 0 aromatic heterocycles. The number of hydrogen-bond acceptors (Lipinski definition) is 2. The summed E-state index contributed by atoms with van der Waals surface area (Å²) in [6, 6.07) is 9.38. The molecular formula is C14H14Cl2O2. The Hall–Kier alpha value is -0.730. The first kappa shape index (κ1) is 12.3. The predicted molar refractivity (Wildman–Crippen MR) is 70.6 cm³/mol. The van der Waals surface area contributed by atoms with Gasteiger partial charge in [0, 0.05) is 5.56 Å². The van der Waals surface area contributed by atoms with E-state index >= 15 is 0 Å². The number of alkyl halides is 2. The predicted octanol–water partition coefficient (Wildman–Crippen LogP) is 3.80. The number of hydrogen-bond donors (Lipinski definition) is 0. The van der Waals surface area contributed by atoms with Crippen LogP contribution in [0.4, 0.5) is 0 Å². The third-order valence-corrected chi connectivity index (χ3v) is 5.49. The molecule has 18 heavy (non-hydrogen) atoms. The number of fused-ring (bicyclic) bond motifs is 1. The van der Waals surface area contributed by atoms with Crippen molar-refractivity contribution in [1.29, 1.82) is 0 Å². The van der Waals surface area contributed by atoms with Crippen LogP contribution in [0.15, 0.2) is 30.3 Å². The first-order valence-electron chi connectivity index (χ1n) is 6.24. The van der Waals surface area contributed by atoms with Crippen LogP contribution in [0.25, 0.3) is 0 Å². The molecule has 0 bridgehead atoms. The molecule has 0 spiro atoms. The lowest BCUT2D eigenvalue weighted by Gasteiger charge is -2.39. The molecule has 1 aliphatic heterocycles. The monoisotopic (exact) mass is 284 g/mol. The summed E-state index contributed by atoms with van der Waals surface area (Å²) in [7, 11) is 0. The van der Waals surface area contributed by atoms with Crippen molar-refractivity contribution in [2.75, 3.05) is 0 Å². The smallest absolute Gasteiger partial charge is 0.312 e. The lowest BCUT2D eigenvalue weighted by atomic mass is 9.75. The van der Waals surface area contributed by atoms with Gasteiger partial charge in [-0.2, -0.15) is 0 Å². The molecule has 3 rings (SSSR count). The van der Waals surface area contributed by atoms with Gasteiger partial charge in [-0.05, 0) is 12.8 Å². The Bertz CT molecular complexity index is 476. The first-order chi connectivity index (χ1) is 8.58. The Morgan fingerprint density at radius 3 is 2.61 bits per heavy atom. The van der Waals surface area contributed by atoms with Gasteiger partial charge in [-0.3, -0.25) is 4.79 Å². The molecule has 2 fully saturated rings. The molecule has 96 valence electrons. The number of carbonyl (C=O) groups excluding carboxylic acids is 1. The van der Waals surface area contributed by atoms with Crippen LogP contribution in [0, 0.1) is 5.92 Å². The van der Waals surface area contributed by atoms with Crippen LogP contribution in [-0.2, 0) is 14.6 Å². The van der Waals surface area contributed by atoms with E-state index in [9.17, 15) is 4.79 Å². The summed E-state index contributed by atoms with van der Waals surface area (Å²) < 4.78 is 5.48. The van der Waals surface area contributed by atoms with Crippen LogP contribution >= 0.6 is 23.2 Å². The van der Waals surface area contributed by atoms with Crippen LogP contribution < -0.4 is 0 Å². The second kappa shape index (κ2) is 4.14. The largest absolute Gasteiger partial charge is 0.436 e. The maximum absolute atomic E-state index is 12.0. The quantitative estimate of drug-likeness (QED) is 0.579. The third kappa shape index (κ3) is 1.52. The lowest BCUT2D eigenvalue weighted by Crippen LogP contribution is -2.45. The fourth-order valence-corrected chi connectivity index (χ4v) is 3.98. The molecule has 0 N–H and O–H groups in total. The highest BCUT2D eigenvalue weighted by molar-refractivity contribution is 6.36. The highest BCUT2D eigenvalue weighted by Crippen LogP contribution is 2.60. The molecule has 1 aliphatic carbocycles. The fraction of sp³-hybridized carbons (Fsp3) is 0.500. The number of esters is 1. The third-order valence-electron chi connectivity index (χ3n) is 4.04. The molecule has 2 aliphatic rings. The standard InChI is InChI=1S/C14H14Cl2O2/c15-13-9-5-4-8-11(13)12(17)18-14(13,16)10-6-2-1-3-7-10/h1-3,6-7,11H,4-5,8-9H2. The van der Waals surface area contributed by atoms with E-state index in [2.05, 4.69) is 0 Å². The number of benzene rings is 1. The Balaban J connectivity index is 2.09. The average molecular weight is 285 g/mol. The second-order valence-corrected chi connectivity index (χ2v) is 6.25. The summed E-state index contributed by atoms with van der Waals surface area (Å²) >= 11 is 13.4. The molecule has 3 unspecified atom stereocenters. The van der Waals surface area contributed by atoms with Gasteiger partial charge in [0.15, 0.2) is 0 Å². The second-order valence-electron chi connectivity index (χ2n) is 5.04. The molecule has 1 heterocycles. The highest BCUT2D eigenvalue weighted by atomic mass is 35.5. The van der Waals surface area contributed by atoms with Gasteiger partial charge in [0.25, 0.3) is 0 Å². The molecule has 0 amide bonds. The minimum Gasteiger partial charge on any atom is -0.436 e. The van der Waals surface area contributed by atoms with Crippen molar-refractivity contribution in [2.24, 2.45) is 5.92 Å². The summed E-state index contributed by atoms with van der Waals surface area (Å²) in [5.41, 5.74) is 0.763. The van der Waals surface area contributed by atoms with Crippen molar-refractivity contribution in [3.05, 3.63) is 35.9 Å². The van der Waals surface area contributed by atoms with Crippen molar-refractivity contribution in [3.63, 3.8) is 0 Å². The Morgan fingerprint density at radius 1 is 1.17 bits per heavy atom. The number of ether oxygens (including phenoxy) is 1. The highest BCUT2D eigenvalue weighted by Gasteiger charge is 2.66. The van der Waals surface area contributed by atoms with E-state index < -0.39 is 9.93 Å². The van der Waals surface area contributed by atoms with Crippen molar-refractivity contribution in [2.45, 2.75) is 35.6 Å². The topological polar surface area (TPSA) is 26.3 Å². The van der Waals surface area contributed by atoms with Crippen molar-refractivity contribution in [1.82, 2.24) is 0 Å². The van der Waals surface area contributed by atoms with Crippen LogP contribution in [0.5, 0.6) is 0 Å². The number of cyclic esters (lactones) is 1. The van der Waals surface area contributed by atoms with E-state index in [-0.39, 0.29) is 11.9 Å². The lowest BCUT2D eigenvalue weighted by molar-refractivity contribution is -0.146. The molecule has 1 aromatic rings. The van der Waals surface area contributed by atoms with Crippen LogP contribution in [0.2, 0.25) is 0 Å². The fourth-order valence-electron chi connectivity index (χ4n) is 3.07. The average Bonchev–Trinajstić information content (AvgIpc) is 2.60. The zero-order valence-electron chi connectivity index (χ0n) is 9.86. The molecule has 1 saturated heterocycles. The molecule has 4 heteroatoms. The molecule has 1 aromatic carbocycles. The number of carbonyl (C=O) groups is 1. The van der Waals surface area contributed by atoms with E-state index in [4.69, 9.17) is 27.9 Å². The van der Waals surface area contributed by atoms with E-state index in [1.54, 1.807) is 0 Å². The van der Waals surface area contributed by atoms with Crippen LogP contribution in [0.3, 0.4) is 0 Å². The van der Waals surface area contributed by atoms with Gasteiger partial charge in [-0.15, -0.1) is 11.6 Å². The SMILES string of the molecule is O=C1OC(Cl)(c2ccccc2)C2(Cl)CCCCC12. The van der Waals surface area contributed by atoms with Gasteiger partial charge in [0.2, 0.25) is 5.06 Å². The summed E-state index contributed by atoms with van der Waals surface area (Å²) in [5.74, 6) is -0.547. The normalized spacial score (nSPS) is 39.2. The van der Waals surface area contributed by atoms with Gasteiger partial charge in [-0.1, -0.05) is 54.8 Å². The molecule has 2 nitrogen and oxygen atoms in total. The summed E-state index contributed by atoms with van der Waals surface area (Å²) in [6.07, 6.45) is 3.47. The van der Waals surface area contributed by atoms with Gasteiger partial charge in [0.1, 0.15) is 4.87 Å². The van der Waals surface area contributed by atoms with E-state index in [1.807, 2.05) is 30.3 Å². The van der Waals surface area contributed by atoms with Crippen molar-refractivity contribution in [3.8, 4) is 0 Å². The molecule has 1 saturated carbocycles. The first-order valence-corrected chi connectivity index (χ1v) is 7.00. The van der Waals surface area contributed by atoms with Crippen molar-refractivity contribution >= 4 is 29.2 Å². The van der Waals surface area contributed by atoms with Crippen LogP contribution in [-0.4, -0.2) is 10.8 Å². The zero-order valence-corrected chi connectivity index (χ0v) is 11.4. The van der Waals surface area contributed by atoms with Gasteiger partial charge in [0.05, 0.1) is 5.92 Å². The summed E-state index contributed by atoms with van der Waals surface area (Å²) in [6.45, 7) is 0. The summed E-state index contributed by atoms with van der Waals surface area (Å²) in [5, 5.41) is -1.22. The van der Waals surface area contributed by atoms with Crippen molar-refractivity contribution < 1.29 is 9.53 Å². The maximum Gasteiger partial charge on any atom is 0.312 e. The van der Waals surface area contributed by atoms with E-state index in [0.717, 1.165) is 24.8 Å². The van der Waals surface area contributed by atoms with Gasteiger partial charge >= 0.3 is 5.97 Å². The molecule has 3 atom stereocenters. The molecule has 0 radical (unpaired) electrons. The van der Waals surface area contributed by atoms with Gasteiger partial charge < -0.3 is 4.74 Å². The Labute approximate surface area is 116 Å². The minimum absolute atomic E-state index is 0.261. The van der Waals surface area contributed by atoms with E-state index in [0.29, 0.717) is 6.42 Å². The zero-order chi connectivity index (χ0) is 12.8. The Kier molecular flexibility index (Phi) is 2.83.